The lowest BCUT2D eigenvalue weighted by molar-refractivity contribution is -0.154. The second-order valence-corrected chi connectivity index (χ2v) is 12.3. The number of Topliss-reactive ketones (excluding diaryl/α,β-unsaturated/α-hetero) is 1. The highest BCUT2D eigenvalue weighted by Gasteiger charge is 2.81. The molecule has 4 atom stereocenters. The molecule has 0 amide bonds. The van der Waals surface area contributed by atoms with E-state index in [1.54, 1.807) is 6.92 Å². The Hall–Kier alpha value is -0.753. The van der Waals surface area contributed by atoms with Gasteiger partial charge in [-0.15, -0.1) is 0 Å². The predicted octanol–water partition coefficient (Wildman–Crippen LogP) is 2.87. The molecule has 21 heavy (non-hydrogen) atoms. The van der Waals surface area contributed by atoms with Gasteiger partial charge in [0.25, 0.3) is 0 Å². The second kappa shape index (κ2) is 4.88. The van der Waals surface area contributed by atoms with Crippen molar-refractivity contribution in [3.63, 3.8) is 0 Å². The van der Waals surface area contributed by atoms with E-state index in [1.807, 2.05) is 0 Å². The zero-order valence-electron chi connectivity index (χ0n) is 13.7. The van der Waals surface area contributed by atoms with E-state index in [2.05, 4.69) is 33.9 Å². The first kappa shape index (κ1) is 16.6. The Morgan fingerprint density at radius 1 is 1.43 bits per heavy atom. The van der Waals surface area contributed by atoms with Gasteiger partial charge in [0, 0.05) is 12.3 Å². The SMILES string of the molecule is CCOC(=O)C1(F)C2C(=O)CC(O[Si](C)(C)C(C)(C)C)C21. The van der Waals surface area contributed by atoms with Gasteiger partial charge in [0.1, 0.15) is 5.78 Å². The highest BCUT2D eigenvalue weighted by atomic mass is 28.4. The maximum Gasteiger partial charge on any atom is 0.345 e. The van der Waals surface area contributed by atoms with E-state index in [-0.39, 0.29) is 23.8 Å². The van der Waals surface area contributed by atoms with E-state index >= 15 is 0 Å². The Morgan fingerprint density at radius 3 is 2.48 bits per heavy atom. The van der Waals surface area contributed by atoms with Crippen molar-refractivity contribution in [2.75, 3.05) is 6.61 Å². The molecule has 0 aromatic rings. The topological polar surface area (TPSA) is 52.6 Å². The number of fused-ring (bicyclic) bond motifs is 1. The third kappa shape index (κ3) is 2.46. The molecule has 4 unspecified atom stereocenters. The molecule has 0 aliphatic heterocycles. The zero-order chi connectivity index (χ0) is 16.2. The summed E-state index contributed by atoms with van der Waals surface area (Å²) in [6.45, 7) is 12.2. The fourth-order valence-electron chi connectivity index (χ4n) is 2.93. The number of esters is 1. The van der Waals surface area contributed by atoms with Crippen LogP contribution < -0.4 is 0 Å². The van der Waals surface area contributed by atoms with Crippen LogP contribution in [0.25, 0.3) is 0 Å². The minimum Gasteiger partial charge on any atom is -0.464 e. The van der Waals surface area contributed by atoms with Crippen LogP contribution in [0.15, 0.2) is 0 Å². The van der Waals surface area contributed by atoms with Gasteiger partial charge in [-0.2, -0.15) is 0 Å². The van der Waals surface area contributed by atoms with E-state index in [9.17, 15) is 14.0 Å². The summed E-state index contributed by atoms with van der Waals surface area (Å²) in [5.74, 6) is -2.62. The average Bonchev–Trinajstić information content (AvgIpc) is 2.81. The maximum absolute atomic E-state index is 14.8. The van der Waals surface area contributed by atoms with Gasteiger partial charge >= 0.3 is 5.97 Å². The first-order chi connectivity index (χ1) is 9.46. The Kier molecular flexibility index (Phi) is 3.86. The molecular formula is C15H25FO4Si. The van der Waals surface area contributed by atoms with Gasteiger partial charge in [0.15, 0.2) is 8.32 Å². The monoisotopic (exact) mass is 316 g/mol. The largest absolute Gasteiger partial charge is 0.464 e. The molecule has 0 saturated heterocycles. The van der Waals surface area contributed by atoms with Crippen molar-refractivity contribution in [1.82, 2.24) is 0 Å². The van der Waals surface area contributed by atoms with Crippen molar-refractivity contribution in [3.05, 3.63) is 0 Å². The lowest BCUT2D eigenvalue weighted by atomic mass is 10.1. The van der Waals surface area contributed by atoms with Crippen LogP contribution in [0.3, 0.4) is 0 Å². The standard InChI is InChI=1S/C15H25FO4Si/c1-7-19-13(18)15(16)11-9(17)8-10(12(11)15)20-21(5,6)14(2,3)4/h10-12H,7-8H2,1-6H3. The van der Waals surface area contributed by atoms with E-state index in [0.29, 0.717) is 0 Å². The third-order valence-corrected chi connectivity index (χ3v) is 9.68. The quantitative estimate of drug-likeness (QED) is 0.591. The summed E-state index contributed by atoms with van der Waals surface area (Å²) < 4.78 is 25.8. The first-order valence-corrected chi connectivity index (χ1v) is 10.4. The molecule has 120 valence electrons. The molecule has 4 nitrogen and oxygen atoms in total. The van der Waals surface area contributed by atoms with Gasteiger partial charge in [-0.25, -0.2) is 9.18 Å². The summed E-state index contributed by atoms with van der Waals surface area (Å²) in [6.07, 6.45) is -0.273. The Balaban J connectivity index is 2.15. The summed E-state index contributed by atoms with van der Waals surface area (Å²) in [4.78, 5) is 23.8. The van der Waals surface area contributed by atoms with Gasteiger partial charge in [-0.1, -0.05) is 20.8 Å². The summed E-state index contributed by atoms with van der Waals surface area (Å²) in [7, 11) is -2.10. The maximum atomic E-state index is 14.8. The van der Waals surface area contributed by atoms with Crippen LogP contribution in [0, 0.1) is 11.8 Å². The summed E-state index contributed by atoms with van der Waals surface area (Å²) in [6, 6.07) is 0. The molecule has 0 aromatic carbocycles. The molecular weight excluding hydrogens is 291 g/mol. The fourth-order valence-corrected chi connectivity index (χ4v) is 4.27. The molecule has 0 N–H and O–H groups in total. The van der Waals surface area contributed by atoms with E-state index < -0.39 is 37.9 Å². The Morgan fingerprint density at radius 2 is 2.00 bits per heavy atom. The second-order valence-electron chi connectivity index (χ2n) is 7.58. The number of hydrogen-bond acceptors (Lipinski definition) is 4. The molecule has 0 aromatic heterocycles. The third-order valence-electron chi connectivity index (χ3n) is 5.18. The molecule has 2 rings (SSSR count). The Bertz CT molecular complexity index is 471. The Labute approximate surface area is 126 Å². The lowest BCUT2D eigenvalue weighted by Gasteiger charge is -2.39. The molecule has 0 bridgehead atoms. The number of carbonyl (C=O) groups is 2. The molecule has 0 radical (unpaired) electrons. The fraction of sp³-hybridized carbons (Fsp3) is 0.867. The van der Waals surface area contributed by atoms with Crippen LogP contribution in [0.1, 0.15) is 34.1 Å². The van der Waals surface area contributed by atoms with E-state index in [1.165, 1.54) is 0 Å². The minimum atomic E-state index is -2.15. The smallest absolute Gasteiger partial charge is 0.345 e. The number of ether oxygens (including phenoxy) is 1. The van der Waals surface area contributed by atoms with Crippen LogP contribution in [0.5, 0.6) is 0 Å². The molecule has 0 heterocycles. The zero-order valence-corrected chi connectivity index (χ0v) is 14.7. The number of rotatable bonds is 4. The normalized spacial score (nSPS) is 35.6. The van der Waals surface area contributed by atoms with Gasteiger partial charge in [-0.05, 0) is 25.1 Å². The molecule has 2 fully saturated rings. The van der Waals surface area contributed by atoms with Crippen molar-refractivity contribution in [2.24, 2.45) is 11.8 Å². The number of hydrogen-bond donors (Lipinski definition) is 0. The highest BCUT2D eigenvalue weighted by Crippen LogP contribution is 2.63. The molecule has 2 aliphatic rings. The number of carbonyl (C=O) groups excluding carboxylic acids is 2. The summed E-state index contributed by atoms with van der Waals surface area (Å²) in [5.41, 5.74) is -2.15. The number of ketones is 1. The van der Waals surface area contributed by atoms with Gasteiger partial charge in [0.05, 0.1) is 18.6 Å². The first-order valence-electron chi connectivity index (χ1n) is 7.53. The van der Waals surface area contributed by atoms with Crippen molar-refractivity contribution in [1.29, 1.82) is 0 Å². The van der Waals surface area contributed by atoms with Gasteiger partial charge < -0.3 is 9.16 Å². The van der Waals surface area contributed by atoms with Crippen LogP contribution in [-0.4, -0.2) is 38.4 Å². The number of alkyl halides is 1. The average molecular weight is 316 g/mol. The van der Waals surface area contributed by atoms with Crippen LogP contribution >= 0.6 is 0 Å². The molecule has 6 heteroatoms. The summed E-state index contributed by atoms with van der Waals surface area (Å²) >= 11 is 0. The van der Waals surface area contributed by atoms with Crippen LogP contribution in [-0.2, 0) is 18.8 Å². The van der Waals surface area contributed by atoms with Gasteiger partial charge in [-0.3, -0.25) is 4.79 Å². The molecule has 2 saturated carbocycles. The van der Waals surface area contributed by atoms with Crippen molar-refractivity contribution < 1.29 is 23.1 Å². The van der Waals surface area contributed by atoms with Gasteiger partial charge in [0.2, 0.25) is 5.67 Å². The summed E-state index contributed by atoms with van der Waals surface area (Å²) in [5, 5.41) is -0.0219. The molecule has 0 spiro atoms. The van der Waals surface area contributed by atoms with Crippen molar-refractivity contribution in [3.8, 4) is 0 Å². The highest BCUT2D eigenvalue weighted by molar-refractivity contribution is 6.74. The van der Waals surface area contributed by atoms with E-state index in [4.69, 9.17) is 9.16 Å². The van der Waals surface area contributed by atoms with Crippen molar-refractivity contribution >= 4 is 20.1 Å². The van der Waals surface area contributed by atoms with Crippen LogP contribution in [0.2, 0.25) is 18.1 Å². The van der Waals surface area contributed by atoms with Crippen LogP contribution in [0.4, 0.5) is 4.39 Å². The van der Waals surface area contributed by atoms with Crippen molar-refractivity contribution in [2.45, 2.75) is 64.0 Å². The van der Waals surface area contributed by atoms with E-state index in [0.717, 1.165) is 0 Å². The minimum absolute atomic E-state index is 0.0219. The predicted molar refractivity (Wildman–Crippen MR) is 79.1 cm³/mol. The number of halogens is 1. The molecule has 2 aliphatic carbocycles. The lowest BCUT2D eigenvalue weighted by Crippen LogP contribution is -2.45.